The maximum Gasteiger partial charge on any atom is 0.333 e. The number of nitrogens with two attached hydrogens (primary N) is 1. The van der Waals surface area contributed by atoms with Crippen LogP contribution >= 0.6 is 0 Å². The lowest BCUT2D eigenvalue weighted by atomic mass is 10.2. The number of hydroxylamine groups is 2. The Kier molecular flexibility index (Phi) is 4.39. The Morgan fingerprint density at radius 2 is 2.00 bits per heavy atom. The molecule has 0 spiro atoms. The van der Waals surface area contributed by atoms with Gasteiger partial charge in [-0.2, -0.15) is 5.06 Å². The molecule has 0 radical (unpaired) electrons. The van der Waals surface area contributed by atoms with E-state index in [4.69, 9.17) is 10.6 Å². The van der Waals surface area contributed by atoms with Crippen LogP contribution in [0.5, 0.6) is 0 Å². The molecule has 80 valence electrons. The van der Waals surface area contributed by atoms with E-state index in [0.29, 0.717) is 13.1 Å². The van der Waals surface area contributed by atoms with Gasteiger partial charge in [0, 0.05) is 6.42 Å². The summed E-state index contributed by atoms with van der Waals surface area (Å²) in [6.07, 6.45) is 3.21. The van der Waals surface area contributed by atoms with Crippen LogP contribution in [0.25, 0.3) is 0 Å². The van der Waals surface area contributed by atoms with Crippen molar-refractivity contribution in [3.63, 3.8) is 0 Å². The van der Waals surface area contributed by atoms with Crippen molar-refractivity contribution in [1.82, 2.24) is 5.06 Å². The zero-order chi connectivity index (χ0) is 10.4. The summed E-state index contributed by atoms with van der Waals surface area (Å²) in [4.78, 5) is 26.9. The second-order valence-corrected chi connectivity index (χ2v) is 3.31. The molecule has 1 fully saturated rings. The molecule has 1 aliphatic heterocycles. The predicted octanol–water partition coefficient (Wildman–Crippen LogP) is 0.196. The van der Waals surface area contributed by atoms with Crippen molar-refractivity contribution in [3.8, 4) is 0 Å². The van der Waals surface area contributed by atoms with Gasteiger partial charge >= 0.3 is 5.97 Å². The normalized spacial score (nSPS) is 17.1. The van der Waals surface area contributed by atoms with Gasteiger partial charge in [0.25, 0.3) is 5.91 Å². The highest BCUT2D eigenvalue weighted by atomic mass is 16.7. The number of hydrogen-bond acceptors (Lipinski definition) is 4. The molecule has 1 saturated heterocycles. The maximum atomic E-state index is 11.2. The molecule has 0 unspecified atom stereocenters. The minimum atomic E-state index is -0.316. The summed E-state index contributed by atoms with van der Waals surface area (Å²) >= 11 is 0. The zero-order valence-corrected chi connectivity index (χ0v) is 8.20. The number of rotatable bonds is 5. The van der Waals surface area contributed by atoms with Gasteiger partial charge in [-0.1, -0.05) is 6.42 Å². The van der Waals surface area contributed by atoms with E-state index in [0.717, 1.165) is 19.3 Å². The molecule has 2 N–H and O–H groups in total. The standard InChI is InChI=1S/C9H16N2O3/c10-6-2-1-3-7-11-8(12)4-5-9(13)14-11/h1-7,10H2. The Morgan fingerprint density at radius 3 is 2.71 bits per heavy atom. The summed E-state index contributed by atoms with van der Waals surface area (Å²) < 4.78 is 0. The van der Waals surface area contributed by atoms with Crippen molar-refractivity contribution in [2.75, 3.05) is 13.1 Å². The fraction of sp³-hybridized carbons (Fsp3) is 0.778. The lowest BCUT2D eigenvalue weighted by Gasteiger charge is -2.24. The molecule has 0 aromatic rings. The van der Waals surface area contributed by atoms with Gasteiger partial charge in [-0.05, 0) is 19.4 Å². The Balaban J connectivity index is 2.21. The number of unbranched alkanes of at least 4 members (excludes halogenated alkanes) is 2. The molecule has 5 nitrogen and oxygen atoms in total. The molecule has 5 heteroatoms. The topological polar surface area (TPSA) is 72.6 Å². The molecule has 1 heterocycles. The molecule has 0 saturated carbocycles. The summed E-state index contributed by atoms with van der Waals surface area (Å²) in [7, 11) is 0. The van der Waals surface area contributed by atoms with Crippen molar-refractivity contribution in [2.45, 2.75) is 32.1 Å². The number of carbonyl (C=O) groups excluding carboxylic acids is 2. The van der Waals surface area contributed by atoms with Crippen LogP contribution in [0.1, 0.15) is 32.1 Å². The quantitative estimate of drug-likeness (QED) is 0.643. The Labute approximate surface area is 83.1 Å². The van der Waals surface area contributed by atoms with Crippen LogP contribution in [0, 0.1) is 0 Å². The van der Waals surface area contributed by atoms with Gasteiger partial charge in [0.15, 0.2) is 0 Å². The van der Waals surface area contributed by atoms with Crippen molar-refractivity contribution >= 4 is 11.9 Å². The van der Waals surface area contributed by atoms with Crippen molar-refractivity contribution in [1.29, 1.82) is 0 Å². The minimum Gasteiger partial charge on any atom is -0.338 e. The van der Waals surface area contributed by atoms with Crippen LogP contribution in [0.4, 0.5) is 0 Å². The van der Waals surface area contributed by atoms with Crippen LogP contribution < -0.4 is 5.73 Å². The molecule has 0 bridgehead atoms. The summed E-state index contributed by atoms with van der Waals surface area (Å²) in [5.41, 5.74) is 5.33. The first-order valence-corrected chi connectivity index (χ1v) is 4.95. The molecule has 1 rings (SSSR count). The zero-order valence-electron chi connectivity index (χ0n) is 8.20. The third-order valence-corrected chi connectivity index (χ3v) is 2.10. The molecule has 0 aliphatic carbocycles. The Hall–Kier alpha value is -1.10. The fourth-order valence-electron chi connectivity index (χ4n) is 1.30. The number of hydrogen-bond donors (Lipinski definition) is 1. The third kappa shape index (κ3) is 3.33. The van der Waals surface area contributed by atoms with Crippen molar-refractivity contribution in [2.24, 2.45) is 5.73 Å². The molecule has 0 atom stereocenters. The fourth-order valence-corrected chi connectivity index (χ4v) is 1.30. The van der Waals surface area contributed by atoms with Gasteiger partial charge in [0.05, 0.1) is 13.0 Å². The van der Waals surface area contributed by atoms with E-state index in [9.17, 15) is 9.59 Å². The molecule has 0 aromatic heterocycles. The van der Waals surface area contributed by atoms with Gasteiger partial charge in [-0.15, -0.1) is 0 Å². The third-order valence-electron chi connectivity index (χ3n) is 2.10. The van der Waals surface area contributed by atoms with Crippen LogP contribution in [0.3, 0.4) is 0 Å². The van der Waals surface area contributed by atoms with E-state index in [1.807, 2.05) is 0 Å². The van der Waals surface area contributed by atoms with E-state index < -0.39 is 0 Å². The van der Waals surface area contributed by atoms with Gasteiger partial charge in [0.2, 0.25) is 0 Å². The molecular weight excluding hydrogens is 184 g/mol. The first-order chi connectivity index (χ1) is 6.74. The van der Waals surface area contributed by atoms with Gasteiger partial charge in [-0.25, -0.2) is 4.79 Å². The molecule has 1 amide bonds. The summed E-state index contributed by atoms with van der Waals surface area (Å²) in [6.45, 7) is 1.15. The first-order valence-electron chi connectivity index (χ1n) is 4.95. The Bertz CT molecular complexity index is 218. The molecular formula is C9H16N2O3. The van der Waals surface area contributed by atoms with Crippen molar-refractivity contribution in [3.05, 3.63) is 0 Å². The number of carbonyl (C=O) groups is 2. The van der Waals surface area contributed by atoms with E-state index in [1.165, 1.54) is 5.06 Å². The lowest BCUT2D eigenvalue weighted by Crippen LogP contribution is -2.38. The average molecular weight is 200 g/mol. The lowest BCUT2D eigenvalue weighted by molar-refractivity contribution is -0.206. The SMILES string of the molecule is NCCCCCN1OC(=O)CCC1=O. The monoisotopic (exact) mass is 200 g/mol. The van der Waals surface area contributed by atoms with E-state index in [2.05, 4.69) is 0 Å². The summed E-state index contributed by atoms with van der Waals surface area (Å²) in [5.74, 6) is -0.416. The highest BCUT2D eigenvalue weighted by Crippen LogP contribution is 2.10. The van der Waals surface area contributed by atoms with Gasteiger partial charge in [-0.3, -0.25) is 4.79 Å². The maximum absolute atomic E-state index is 11.2. The van der Waals surface area contributed by atoms with Crippen LogP contribution in [0.2, 0.25) is 0 Å². The van der Waals surface area contributed by atoms with E-state index in [1.54, 1.807) is 0 Å². The second-order valence-electron chi connectivity index (χ2n) is 3.31. The summed E-state index contributed by atoms with van der Waals surface area (Å²) in [6, 6.07) is 0. The predicted molar refractivity (Wildman–Crippen MR) is 49.9 cm³/mol. The van der Waals surface area contributed by atoms with Crippen molar-refractivity contribution < 1.29 is 14.4 Å². The van der Waals surface area contributed by atoms with Gasteiger partial charge in [0.1, 0.15) is 0 Å². The average Bonchev–Trinajstić information content (AvgIpc) is 2.18. The highest BCUT2D eigenvalue weighted by Gasteiger charge is 2.24. The number of amides is 1. The Morgan fingerprint density at radius 1 is 1.21 bits per heavy atom. The van der Waals surface area contributed by atoms with Crippen LogP contribution in [0.15, 0.2) is 0 Å². The largest absolute Gasteiger partial charge is 0.338 e. The van der Waals surface area contributed by atoms with Crippen LogP contribution in [-0.4, -0.2) is 30.0 Å². The van der Waals surface area contributed by atoms with E-state index in [-0.39, 0.29) is 24.7 Å². The molecule has 0 aromatic carbocycles. The highest BCUT2D eigenvalue weighted by molar-refractivity contribution is 5.85. The summed E-state index contributed by atoms with van der Waals surface area (Å²) in [5, 5.41) is 1.17. The smallest absolute Gasteiger partial charge is 0.333 e. The van der Waals surface area contributed by atoms with E-state index >= 15 is 0 Å². The second kappa shape index (κ2) is 5.59. The minimum absolute atomic E-state index is 0.0997. The molecule has 1 aliphatic rings. The molecule has 14 heavy (non-hydrogen) atoms. The first kappa shape index (κ1) is 11.0. The number of nitrogens with zero attached hydrogens (tertiary/aromatic N) is 1. The van der Waals surface area contributed by atoms with Crippen LogP contribution in [-0.2, 0) is 14.4 Å². The van der Waals surface area contributed by atoms with Gasteiger partial charge < -0.3 is 10.6 Å².